The molecule has 0 bridgehead atoms. The molecule has 0 aliphatic carbocycles. The first-order chi connectivity index (χ1) is 5.11. The van der Waals surface area contributed by atoms with Crippen LogP contribution in [0.1, 0.15) is 17.1 Å². The summed E-state index contributed by atoms with van der Waals surface area (Å²) >= 11 is 4.57. The molecule has 1 aromatic heterocycles. The molecule has 0 atom stereocenters. The third-order valence-corrected chi connectivity index (χ3v) is 1.49. The van der Waals surface area contributed by atoms with Crippen molar-refractivity contribution in [2.45, 2.75) is 13.8 Å². The number of hydrogen-bond donors (Lipinski definition) is 1. The van der Waals surface area contributed by atoms with E-state index in [9.17, 15) is 0 Å². The summed E-state index contributed by atoms with van der Waals surface area (Å²) in [6.07, 6.45) is 1.64. The van der Waals surface area contributed by atoms with E-state index in [1.165, 1.54) is 0 Å². The standard InChI is InChI=1S/C7H8N2OS/c1-4-3-8-5(2)9-6(4)7(10)11/h3H,1-2H3,(H,10,11). The van der Waals surface area contributed by atoms with E-state index in [0.717, 1.165) is 5.56 Å². The van der Waals surface area contributed by atoms with Gasteiger partial charge in [0.15, 0.2) is 0 Å². The lowest BCUT2D eigenvalue weighted by atomic mass is 10.2. The van der Waals surface area contributed by atoms with E-state index in [0.29, 0.717) is 11.5 Å². The van der Waals surface area contributed by atoms with Crippen LogP contribution in [0.3, 0.4) is 0 Å². The monoisotopic (exact) mass is 168 g/mol. The highest BCUT2D eigenvalue weighted by atomic mass is 32.1. The predicted octanol–water partition coefficient (Wildman–Crippen LogP) is 1.33. The number of aliphatic hydroxyl groups excluding tert-OH is 1. The van der Waals surface area contributed by atoms with Gasteiger partial charge in [-0.15, -0.1) is 0 Å². The van der Waals surface area contributed by atoms with Crippen LogP contribution in [0.4, 0.5) is 0 Å². The normalized spacial score (nSPS) is 9.64. The number of aliphatic hydroxyl groups is 1. The molecule has 11 heavy (non-hydrogen) atoms. The van der Waals surface area contributed by atoms with Crippen molar-refractivity contribution in [3.8, 4) is 0 Å². The first kappa shape index (κ1) is 8.07. The summed E-state index contributed by atoms with van der Waals surface area (Å²) in [5.74, 6) is 0.613. The Bertz CT molecular complexity index is 298. The summed E-state index contributed by atoms with van der Waals surface area (Å²) in [5.41, 5.74) is 1.25. The van der Waals surface area contributed by atoms with E-state index in [1.54, 1.807) is 20.0 Å². The zero-order chi connectivity index (χ0) is 8.43. The Kier molecular flexibility index (Phi) is 2.14. The van der Waals surface area contributed by atoms with E-state index >= 15 is 0 Å². The van der Waals surface area contributed by atoms with Crippen LogP contribution in [0, 0.1) is 13.8 Å². The van der Waals surface area contributed by atoms with Gasteiger partial charge >= 0.3 is 0 Å². The second-order valence-corrected chi connectivity index (χ2v) is 2.64. The van der Waals surface area contributed by atoms with Gasteiger partial charge in [-0.1, -0.05) is 0 Å². The summed E-state index contributed by atoms with van der Waals surface area (Å²) in [5, 5.41) is 8.80. The molecule has 0 aliphatic heterocycles. The van der Waals surface area contributed by atoms with Crippen LogP contribution >= 0.6 is 12.2 Å². The lowest BCUT2D eigenvalue weighted by Crippen LogP contribution is -2.04. The molecular formula is C7H8N2OS. The maximum absolute atomic E-state index is 8.97. The molecule has 0 fully saturated rings. The molecular weight excluding hydrogens is 160 g/mol. The number of aryl methyl sites for hydroxylation is 2. The van der Waals surface area contributed by atoms with Crippen molar-refractivity contribution >= 4 is 17.3 Å². The molecule has 58 valence electrons. The first-order valence-electron chi connectivity index (χ1n) is 3.15. The van der Waals surface area contributed by atoms with Crippen molar-refractivity contribution in [2.24, 2.45) is 0 Å². The molecule has 0 aromatic carbocycles. The highest BCUT2D eigenvalue weighted by molar-refractivity contribution is 7.80. The average molecular weight is 168 g/mol. The summed E-state index contributed by atoms with van der Waals surface area (Å²) in [6, 6.07) is 0. The van der Waals surface area contributed by atoms with E-state index < -0.39 is 0 Å². The number of aromatic nitrogens is 2. The lowest BCUT2D eigenvalue weighted by Gasteiger charge is -2.00. The molecule has 1 heterocycles. The molecule has 1 N–H and O–H groups in total. The van der Waals surface area contributed by atoms with Crippen LogP contribution in [-0.2, 0) is 0 Å². The van der Waals surface area contributed by atoms with Crippen LogP contribution in [0.15, 0.2) is 6.20 Å². The minimum atomic E-state index is -0.173. The van der Waals surface area contributed by atoms with Gasteiger partial charge in [0.1, 0.15) is 11.5 Å². The second-order valence-electron chi connectivity index (χ2n) is 2.25. The van der Waals surface area contributed by atoms with Gasteiger partial charge in [0, 0.05) is 6.20 Å². The fraction of sp³-hybridized carbons (Fsp3) is 0.286. The van der Waals surface area contributed by atoms with Gasteiger partial charge in [0.05, 0.1) is 0 Å². The van der Waals surface area contributed by atoms with Crippen molar-refractivity contribution in [1.29, 1.82) is 0 Å². The second kappa shape index (κ2) is 2.92. The van der Waals surface area contributed by atoms with Crippen LogP contribution in [0.5, 0.6) is 0 Å². The summed E-state index contributed by atoms with van der Waals surface area (Å²) in [4.78, 5) is 7.91. The summed E-state index contributed by atoms with van der Waals surface area (Å²) < 4.78 is 0. The molecule has 0 saturated heterocycles. The van der Waals surface area contributed by atoms with E-state index in [1.807, 2.05) is 0 Å². The lowest BCUT2D eigenvalue weighted by molar-refractivity contribution is 0.567. The van der Waals surface area contributed by atoms with Crippen molar-refractivity contribution in [3.05, 3.63) is 23.3 Å². The molecule has 0 aliphatic rings. The topological polar surface area (TPSA) is 46.0 Å². The molecule has 0 spiro atoms. The number of hydrogen-bond acceptors (Lipinski definition) is 3. The quantitative estimate of drug-likeness (QED) is 0.642. The molecule has 1 aromatic rings. The smallest absolute Gasteiger partial charge is 0.208 e. The molecule has 3 nitrogen and oxygen atoms in total. The Morgan fingerprint density at radius 1 is 1.55 bits per heavy atom. The van der Waals surface area contributed by atoms with Gasteiger partial charge in [-0.25, -0.2) is 9.97 Å². The van der Waals surface area contributed by atoms with E-state index in [-0.39, 0.29) is 5.05 Å². The SMILES string of the molecule is Cc1ncc(C)c(C(O)=S)n1. The maximum atomic E-state index is 8.97. The Balaban J connectivity index is 3.23. The first-order valence-corrected chi connectivity index (χ1v) is 3.55. The third kappa shape index (κ3) is 1.71. The number of thiocarbonyl (C=S) groups is 1. The molecule has 0 saturated carbocycles. The van der Waals surface area contributed by atoms with Crippen LogP contribution in [0.2, 0.25) is 0 Å². The van der Waals surface area contributed by atoms with Crippen molar-refractivity contribution in [1.82, 2.24) is 9.97 Å². The predicted molar refractivity (Wildman–Crippen MR) is 45.8 cm³/mol. The number of nitrogens with zero attached hydrogens (tertiary/aromatic N) is 2. The zero-order valence-corrected chi connectivity index (χ0v) is 7.14. The molecule has 1 rings (SSSR count). The Morgan fingerprint density at radius 3 is 2.64 bits per heavy atom. The van der Waals surface area contributed by atoms with E-state index in [4.69, 9.17) is 5.11 Å². The fourth-order valence-corrected chi connectivity index (χ4v) is 0.953. The van der Waals surface area contributed by atoms with Gasteiger partial charge < -0.3 is 5.11 Å². The third-order valence-electron chi connectivity index (χ3n) is 1.29. The van der Waals surface area contributed by atoms with Gasteiger partial charge in [-0.3, -0.25) is 0 Å². The molecule has 0 amide bonds. The molecule has 0 radical (unpaired) electrons. The van der Waals surface area contributed by atoms with Gasteiger partial charge in [-0.2, -0.15) is 0 Å². The van der Waals surface area contributed by atoms with Crippen molar-refractivity contribution < 1.29 is 5.11 Å². The minimum Gasteiger partial charge on any atom is -0.497 e. The summed E-state index contributed by atoms with van der Waals surface area (Å²) in [6.45, 7) is 3.55. The highest BCUT2D eigenvalue weighted by Gasteiger charge is 2.04. The Hall–Kier alpha value is -1.03. The van der Waals surface area contributed by atoms with E-state index in [2.05, 4.69) is 22.2 Å². The van der Waals surface area contributed by atoms with Crippen LogP contribution in [-0.4, -0.2) is 20.1 Å². The van der Waals surface area contributed by atoms with Crippen LogP contribution < -0.4 is 0 Å². The Morgan fingerprint density at radius 2 is 2.18 bits per heavy atom. The van der Waals surface area contributed by atoms with Gasteiger partial charge in [-0.05, 0) is 31.6 Å². The average Bonchev–Trinajstić information content (AvgIpc) is 1.94. The van der Waals surface area contributed by atoms with Gasteiger partial charge in [0.25, 0.3) is 0 Å². The fourth-order valence-electron chi connectivity index (χ4n) is 0.747. The van der Waals surface area contributed by atoms with Crippen molar-refractivity contribution in [2.75, 3.05) is 0 Å². The van der Waals surface area contributed by atoms with Crippen molar-refractivity contribution in [3.63, 3.8) is 0 Å². The number of rotatable bonds is 1. The van der Waals surface area contributed by atoms with Gasteiger partial charge in [0.2, 0.25) is 5.05 Å². The maximum Gasteiger partial charge on any atom is 0.208 e. The largest absolute Gasteiger partial charge is 0.497 e. The minimum absolute atomic E-state index is 0.173. The Labute approximate surface area is 70.1 Å². The summed E-state index contributed by atoms with van der Waals surface area (Å²) in [7, 11) is 0. The highest BCUT2D eigenvalue weighted by Crippen LogP contribution is 2.03. The van der Waals surface area contributed by atoms with Crippen LogP contribution in [0.25, 0.3) is 0 Å². The zero-order valence-electron chi connectivity index (χ0n) is 6.33. The molecule has 4 heteroatoms. The molecule has 0 unspecified atom stereocenters.